The summed E-state index contributed by atoms with van der Waals surface area (Å²) < 4.78 is 0. The molecule has 12 heavy (non-hydrogen) atoms. The van der Waals surface area contributed by atoms with Crippen molar-refractivity contribution in [1.82, 2.24) is 4.90 Å². The van der Waals surface area contributed by atoms with Crippen molar-refractivity contribution in [3.8, 4) is 0 Å². The van der Waals surface area contributed by atoms with Crippen LogP contribution in [0, 0.1) is 5.92 Å². The highest BCUT2D eigenvalue weighted by Gasteiger charge is 2.22. The number of carbonyl (C=O) groups is 2. The van der Waals surface area contributed by atoms with Gasteiger partial charge in [0.1, 0.15) is 6.04 Å². The third kappa shape index (κ3) is 3.37. The normalized spacial score (nSPS) is 12.7. The lowest BCUT2D eigenvalue weighted by Crippen LogP contribution is -2.38. The van der Waals surface area contributed by atoms with Crippen LogP contribution in [-0.4, -0.2) is 35.5 Å². The van der Waals surface area contributed by atoms with E-state index >= 15 is 0 Å². The van der Waals surface area contributed by atoms with Crippen LogP contribution in [0.1, 0.15) is 20.3 Å². The van der Waals surface area contributed by atoms with Gasteiger partial charge in [-0.1, -0.05) is 13.8 Å². The SMILES string of the molecule is CC(C)C[C@@H](C(=O)O)N(C)C=O. The molecule has 0 aliphatic rings. The number of likely N-dealkylation sites (N-methyl/N-ethyl adjacent to an activating group) is 1. The molecular weight excluding hydrogens is 158 g/mol. The van der Waals surface area contributed by atoms with Crippen molar-refractivity contribution in [3.05, 3.63) is 0 Å². The largest absolute Gasteiger partial charge is 0.480 e. The highest BCUT2D eigenvalue weighted by molar-refractivity contribution is 5.76. The minimum absolute atomic E-state index is 0.272. The van der Waals surface area contributed by atoms with Crippen LogP contribution in [0.2, 0.25) is 0 Å². The van der Waals surface area contributed by atoms with Crippen molar-refractivity contribution in [2.45, 2.75) is 26.3 Å². The Morgan fingerprint density at radius 1 is 1.58 bits per heavy atom. The highest BCUT2D eigenvalue weighted by atomic mass is 16.4. The third-order valence-electron chi connectivity index (χ3n) is 1.64. The maximum absolute atomic E-state index is 10.6. The maximum Gasteiger partial charge on any atom is 0.326 e. The van der Waals surface area contributed by atoms with Crippen molar-refractivity contribution in [3.63, 3.8) is 0 Å². The molecule has 1 N–H and O–H groups in total. The number of rotatable bonds is 5. The van der Waals surface area contributed by atoms with E-state index in [-0.39, 0.29) is 5.92 Å². The fourth-order valence-electron chi connectivity index (χ4n) is 0.961. The van der Waals surface area contributed by atoms with Crippen molar-refractivity contribution >= 4 is 12.4 Å². The smallest absolute Gasteiger partial charge is 0.326 e. The van der Waals surface area contributed by atoms with Crippen LogP contribution in [0.3, 0.4) is 0 Å². The van der Waals surface area contributed by atoms with E-state index in [2.05, 4.69) is 0 Å². The minimum atomic E-state index is -0.946. The summed E-state index contributed by atoms with van der Waals surface area (Å²) in [5, 5.41) is 8.72. The van der Waals surface area contributed by atoms with Gasteiger partial charge in [0, 0.05) is 7.05 Å². The van der Waals surface area contributed by atoms with Crippen LogP contribution < -0.4 is 0 Å². The third-order valence-corrected chi connectivity index (χ3v) is 1.64. The molecule has 0 aliphatic carbocycles. The lowest BCUT2D eigenvalue weighted by Gasteiger charge is -2.21. The van der Waals surface area contributed by atoms with Crippen LogP contribution in [0.15, 0.2) is 0 Å². The average molecular weight is 173 g/mol. The lowest BCUT2D eigenvalue weighted by atomic mass is 10.0. The van der Waals surface area contributed by atoms with Crippen LogP contribution >= 0.6 is 0 Å². The molecule has 0 radical (unpaired) electrons. The van der Waals surface area contributed by atoms with Gasteiger partial charge in [-0.25, -0.2) is 4.79 Å². The molecule has 0 unspecified atom stereocenters. The molecule has 0 aromatic heterocycles. The lowest BCUT2D eigenvalue weighted by molar-refractivity contribution is -0.146. The van der Waals surface area contributed by atoms with E-state index in [0.29, 0.717) is 12.8 Å². The van der Waals surface area contributed by atoms with Crippen molar-refractivity contribution in [2.75, 3.05) is 7.05 Å². The summed E-state index contributed by atoms with van der Waals surface area (Å²) in [5.74, 6) is -0.674. The molecule has 0 fully saturated rings. The van der Waals surface area contributed by atoms with Gasteiger partial charge >= 0.3 is 5.97 Å². The van der Waals surface area contributed by atoms with Crippen LogP contribution in [0.4, 0.5) is 0 Å². The fourth-order valence-corrected chi connectivity index (χ4v) is 0.961. The first-order chi connectivity index (χ1) is 5.49. The van der Waals surface area contributed by atoms with Crippen molar-refractivity contribution < 1.29 is 14.7 Å². The van der Waals surface area contributed by atoms with Gasteiger partial charge in [0.2, 0.25) is 6.41 Å². The molecule has 0 aliphatic heterocycles. The summed E-state index contributed by atoms with van der Waals surface area (Å²) >= 11 is 0. The van der Waals surface area contributed by atoms with E-state index < -0.39 is 12.0 Å². The van der Waals surface area contributed by atoms with Crippen molar-refractivity contribution in [1.29, 1.82) is 0 Å². The second kappa shape index (κ2) is 4.74. The molecule has 1 amide bonds. The Morgan fingerprint density at radius 3 is 2.33 bits per heavy atom. The Balaban J connectivity index is 4.22. The molecule has 0 saturated heterocycles. The number of nitrogens with zero attached hydrogens (tertiary/aromatic N) is 1. The van der Waals surface area contributed by atoms with Gasteiger partial charge in [0.15, 0.2) is 0 Å². The molecule has 0 rings (SSSR count). The van der Waals surface area contributed by atoms with Gasteiger partial charge in [0.25, 0.3) is 0 Å². The number of aliphatic carboxylic acids is 1. The molecule has 0 spiro atoms. The predicted octanol–water partition coefficient (Wildman–Crippen LogP) is 0.574. The number of carboxylic acids is 1. The molecule has 0 aromatic carbocycles. The zero-order valence-corrected chi connectivity index (χ0v) is 7.65. The topological polar surface area (TPSA) is 57.6 Å². The van der Waals surface area contributed by atoms with E-state index in [1.165, 1.54) is 11.9 Å². The predicted molar refractivity (Wildman–Crippen MR) is 44.7 cm³/mol. The molecule has 4 heteroatoms. The molecule has 0 bridgehead atoms. The van der Waals surface area contributed by atoms with E-state index in [0.717, 1.165) is 0 Å². The van der Waals surface area contributed by atoms with Crippen molar-refractivity contribution in [2.24, 2.45) is 5.92 Å². The molecule has 0 aromatic rings. The summed E-state index contributed by atoms with van der Waals surface area (Å²) in [6.07, 6.45) is 1.03. The second-order valence-corrected chi connectivity index (χ2v) is 3.25. The Kier molecular flexibility index (Phi) is 4.33. The Bertz CT molecular complexity index is 168. The zero-order valence-electron chi connectivity index (χ0n) is 7.65. The average Bonchev–Trinajstić information content (AvgIpc) is 1.98. The molecule has 4 nitrogen and oxygen atoms in total. The van der Waals surface area contributed by atoms with E-state index in [4.69, 9.17) is 5.11 Å². The van der Waals surface area contributed by atoms with Crippen LogP contribution in [-0.2, 0) is 9.59 Å². The Hall–Kier alpha value is -1.06. The summed E-state index contributed by atoms with van der Waals surface area (Å²) in [6, 6.07) is -0.692. The van der Waals surface area contributed by atoms with Gasteiger partial charge in [0.05, 0.1) is 0 Å². The van der Waals surface area contributed by atoms with Gasteiger partial charge in [-0.05, 0) is 12.3 Å². The van der Waals surface area contributed by atoms with E-state index in [1.807, 2.05) is 13.8 Å². The number of hydrogen-bond donors (Lipinski definition) is 1. The Labute approximate surface area is 72.2 Å². The maximum atomic E-state index is 10.6. The van der Waals surface area contributed by atoms with Gasteiger partial charge in [-0.15, -0.1) is 0 Å². The van der Waals surface area contributed by atoms with E-state index in [1.54, 1.807) is 0 Å². The molecule has 0 saturated carbocycles. The Morgan fingerprint density at radius 2 is 2.08 bits per heavy atom. The number of hydrogen-bond acceptors (Lipinski definition) is 2. The molecule has 0 heterocycles. The summed E-state index contributed by atoms with van der Waals surface area (Å²) in [7, 11) is 1.48. The first kappa shape index (κ1) is 10.9. The summed E-state index contributed by atoms with van der Waals surface area (Å²) in [6.45, 7) is 3.85. The summed E-state index contributed by atoms with van der Waals surface area (Å²) in [4.78, 5) is 22.1. The van der Waals surface area contributed by atoms with Crippen LogP contribution in [0.25, 0.3) is 0 Å². The molecular formula is C8H15NO3. The van der Waals surface area contributed by atoms with E-state index in [9.17, 15) is 9.59 Å². The second-order valence-electron chi connectivity index (χ2n) is 3.25. The first-order valence-corrected chi connectivity index (χ1v) is 3.89. The summed E-state index contributed by atoms with van der Waals surface area (Å²) in [5.41, 5.74) is 0. The quantitative estimate of drug-likeness (QED) is 0.618. The standard InChI is InChI=1S/C8H15NO3/c1-6(2)4-7(8(11)12)9(3)5-10/h5-7H,4H2,1-3H3,(H,11,12)/t7-/m0/s1. The highest BCUT2D eigenvalue weighted by Crippen LogP contribution is 2.08. The first-order valence-electron chi connectivity index (χ1n) is 3.89. The molecule has 70 valence electrons. The minimum Gasteiger partial charge on any atom is -0.480 e. The number of carboxylic acid groups (broad SMARTS) is 1. The number of amides is 1. The zero-order chi connectivity index (χ0) is 9.72. The van der Waals surface area contributed by atoms with Gasteiger partial charge in [-0.2, -0.15) is 0 Å². The van der Waals surface area contributed by atoms with Gasteiger partial charge in [-0.3, -0.25) is 4.79 Å². The van der Waals surface area contributed by atoms with Crippen LogP contribution in [0.5, 0.6) is 0 Å². The van der Waals surface area contributed by atoms with Gasteiger partial charge < -0.3 is 10.0 Å². The monoisotopic (exact) mass is 173 g/mol. The fraction of sp³-hybridized carbons (Fsp3) is 0.750. The number of carbonyl (C=O) groups excluding carboxylic acids is 1. The molecule has 1 atom stereocenters.